The molecule has 1 aromatic rings. The molecule has 0 atom stereocenters. The molecule has 1 aromatic heterocycles. The van der Waals surface area contributed by atoms with Crippen LogP contribution in [0.1, 0.15) is 29.9 Å². The van der Waals surface area contributed by atoms with Gasteiger partial charge in [0.2, 0.25) is 0 Å². The number of hydrogen-bond donors (Lipinski definition) is 1. The summed E-state index contributed by atoms with van der Waals surface area (Å²) in [5, 5.41) is 13.2. The molecule has 1 saturated heterocycles. The lowest BCUT2D eigenvalue weighted by Gasteiger charge is -2.37. The van der Waals surface area contributed by atoms with Crippen LogP contribution >= 0.6 is 0 Å². The second kappa shape index (κ2) is 6.12. The van der Waals surface area contributed by atoms with Crippen LogP contribution in [0.4, 0.5) is 13.2 Å². The summed E-state index contributed by atoms with van der Waals surface area (Å²) in [5.41, 5.74) is -2.42. The second-order valence-electron chi connectivity index (χ2n) is 6.44. The Balaban J connectivity index is 2.06. The van der Waals surface area contributed by atoms with Gasteiger partial charge in [0.1, 0.15) is 0 Å². The summed E-state index contributed by atoms with van der Waals surface area (Å²) in [5.74, 6) is -0.659. The molecule has 0 aromatic carbocycles. The average Bonchev–Trinajstić information content (AvgIpc) is 2.79. The van der Waals surface area contributed by atoms with Crippen molar-refractivity contribution >= 4 is 5.91 Å². The topological polar surface area (TPSA) is 61.6 Å². The average molecular weight is 334 g/mol. The molecule has 2 heterocycles. The molecule has 1 aliphatic rings. The molecule has 0 saturated carbocycles. The van der Waals surface area contributed by atoms with Crippen LogP contribution in [-0.4, -0.2) is 68.9 Å². The van der Waals surface area contributed by atoms with Gasteiger partial charge < -0.3 is 10.0 Å². The van der Waals surface area contributed by atoms with E-state index in [1.807, 2.05) is 4.90 Å². The van der Waals surface area contributed by atoms with Crippen LogP contribution in [0, 0.1) is 0 Å². The highest BCUT2D eigenvalue weighted by Crippen LogP contribution is 2.31. The number of piperazine rings is 1. The number of rotatable bonds is 3. The van der Waals surface area contributed by atoms with Crippen LogP contribution < -0.4 is 0 Å². The Hall–Kier alpha value is -1.61. The van der Waals surface area contributed by atoms with Gasteiger partial charge in [-0.05, 0) is 13.8 Å². The highest BCUT2D eigenvalue weighted by molar-refractivity contribution is 5.95. The number of β-amino-alcohol motifs (C(OH)–C–C–N with tert-alkyl or cyclic N) is 1. The first-order chi connectivity index (χ1) is 10.5. The summed E-state index contributed by atoms with van der Waals surface area (Å²) in [6.45, 7) is 5.50. The van der Waals surface area contributed by atoms with Crippen LogP contribution in [0.5, 0.6) is 0 Å². The lowest BCUT2D eigenvalue weighted by Crippen LogP contribution is -2.52. The molecule has 0 spiro atoms. The molecule has 1 amide bonds. The number of carbonyl (C=O) groups excluding carboxylic acids is 1. The maximum atomic E-state index is 13.0. The Bertz CT molecular complexity index is 570. The van der Waals surface area contributed by atoms with Gasteiger partial charge in [-0.25, -0.2) is 0 Å². The molecule has 0 unspecified atom stereocenters. The van der Waals surface area contributed by atoms with Gasteiger partial charge in [-0.1, -0.05) is 0 Å². The van der Waals surface area contributed by atoms with Gasteiger partial charge >= 0.3 is 6.18 Å². The minimum absolute atomic E-state index is 0.321. The first kappa shape index (κ1) is 17.7. The van der Waals surface area contributed by atoms with Crippen molar-refractivity contribution in [1.82, 2.24) is 19.6 Å². The minimum atomic E-state index is -4.66. The first-order valence-corrected chi connectivity index (χ1v) is 7.32. The fourth-order valence-corrected chi connectivity index (χ4v) is 2.68. The number of halogens is 3. The molecule has 1 aliphatic heterocycles. The standard InChI is InChI=1S/C14H21F3N4O2/c1-13(2,23)9-20-4-6-21(7-5-20)12(22)10-8-19(3)18-11(10)14(15,16)17/h8,23H,4-7,9H2,1-3H3. The van der Waals surface area contributed by atoms with Crippen LogP contribution in [0.2, 0.25) is 0 Å². The number of hydrogen-bond acceptors (Lipinski definition) is 4. The van der Waals surface area contributed by atoms with E-state index in [9.17, 15) is 23.1 Å². The van der Waals surface area contributed by atoms with Crippen molar-refractivity contribution in [2.45, 2.75) is 25.6 Å². The maximum Gasteiger partial charge on any atom is 0.435 e. The van der Waals surface area contributed by atoms with E-state index in [1.165, 1.54) is 11.9 Å². The van der Waals surface area contributed by atoms with E-state index < -0.39 is 28.9 Å². The number of amides is 1. The molecule has 2 rings (SSSR count). The second-order valence-corrected chi connectivity index (χ2v) is 6.44. The van der Waals surface area contributed by atoms with Crippen molar-refractivity contribution in [1.29, 1.82) is 0 Å². The highest BCUT2D eigenvalue weighted by atomic mass is 19.4. The normalized spacial score (nSPS) is 17.6. The molecule has 23 heavy (non-hydrogen) atoms. The van der Waals surface area contributed by atoms with Gasteiger partial charge in [0.25, 0.3) is 5.91 Å². The van der Waals surface area contributed by atoms with E-state index in [4.69, 9.17) is 0 Å². The van der Waals surface area contributed by atoms with Crippen LogP contribution in [0.15, 0.2) is 6.20 Å². The fourth-order valence-electron chi connectivity index (χ4n) is 2.68. The summed E-state index contributed by atoms with van der Waals surface area (Å²) in [4.78, 5) is 15.8. The number of alkyl halides is 3. The zero-order valence-electron chi connectivity index (χ0n) is 13.4. The van der Waals surface area contributed by atoms with Crippen molar-refractivity contribution in [2.75, 3.05) is 32.7 Å². The zero-order valence-corrected chi connectivity index (χ0v) is 13.4. The van der Waals surface area contributed by atoms with E-state index >= 15 is 0 Å². The van der Waals surface area contributed by atoms with E-state index in [0.717, 1.165) is 10.9 Å². The van der Waals surface area contributed by atoms with E-state index in [1.54, 1.807) is 13.8 Å². The highest BCUT2D eigenvalue weighted by Gasteiger charge is 2.40. The van der Waals surface area contributed by atoms with Crippen molar-refractivity contribution in [3.63, 3.8) is 0 Å². The third kappa shape index (κ3) is 4.44. The smallest absolute Gasteiger partial charge is 0.389 e. The van der Waals surface area contributed by atoms with Gasteiger partial charge in [0.15, 0.2) is 5.69 Å². The van der Waals surface area contributed by atoms with Crippen LogP contribution in [-0.2, 0) is 13.2 Å². The summed E-state index contributed by atoms with van der Waals surface area (Å²) in [6.07, 6.45) is -3.55. The first-order valence-electron chi connectivity index (χ1n) is 7.32. The van der Waals surface area contributed by atoms with Crippen molar-refractivity contribution in [3.8, 4) is 0 Å². The Morgan fingerprint density at radius 1 is 1.26 bits per heavy atom. The van der Waals surface area contributed by atoms with Gasteiger partial charge in [-0.2, -0.15) is 18.3 Å². The number of aliphatic hydroxyl groups is 1. The molecule has 9 heteroatoms. The fraction of sp³-hybridized carbons (Fsp3) is 0.714. The molecule has 130 valence electrons. The number of aryl methyl sites for hydroxylation is 1. The molecular weight excluding hydrogens is 313 g/mol. The maximum absolute atomic E-state index is 13.0. The number of carbonyl (C=O) groups is 1. The van der Waals surface area contributed by atoms with Crippen molar-refractivity contribution < 1.29 is 23.1 Å². The Morgan fingerprint density at radius 2 is 1.83 bits per heavy atom. The van der Waals surface area contributed by atoms with Gasteiger partial charge in [-0.3, -0.25) is 14.4 Å². The lowest BCUT2D eigenvalue weighted by molar-refractivity contribution is -0.141. The summed E-state index contributed by atoms with van der Waals surface area (Å²) in [6, 6.07) is 0. The lowest BCUT2D eigenvalue weighted by atomic mass is 10.1. The summed E-state index contributed by atoms with van der Waals surface area (Å²) < 4.78 is 39.9. The third-order valence-corrected chi connectivity index (χ3v) is 3.60. The van der Waals surface area contributed by atoms with Gasteiger partial charge in [0.05, 0.1) is 11.2 Å². The largest absolute Gasteiger partial charge is 0.435 e. The molecular formula is C14H21F3N4O2. The zero-order chi connectivity index (χ0) is 17.4. The predicted molar refractivity (Wildman–Crippen MR) is 76.9 cm³/mol. The molecule has 1 fully saturated rings. The van der Waals surface area contributed by atoms with Crippen molar-refractivity contribution in [2.24, 2.45) is 7.05 Å². The van der Waals surface area contributed by atoms with E-state index in [-0.39, 0.29) is 0 Å². The number of aromatic nitrogens is 2. The summed E-state index contributed by atoms with van der Waals surface area (Å²) >= 11 is 0. The third-order valence-electron chi connectivity index (χ3n) is 3.60. The van der Waals surface area contributed by atoms with Gasteiger partial charge in [0, 0.05) is 46.0 Å². The molecule has 0 aliphatic carbocycles. The van der Waals surface area contributed by atoms with Crippen LogP contribution in [0.25, 0.3) is 0 Å². The quantitative estimate of drug-likeness (QED) is 0.895. The van der Waals surface area contributed by atoms with Gasteiger partial charge in [-0.15, -0.1) is 0 Å². The number of nitrogens with zero attached hydrogens (tertiary/aromatic N) is 4. The Morgan fingerprint density at radius 3 is 2.30 bits per heavy atom. The molecule has 0 radical (unpaired) electrons. The summed E-state index contributed by atoms with van der Waals surface area (Å²) in [7, 11) is 1.35. The SMILES string of the molecule is Cn1cc(C(=O)N2CCN(CC(C)(C)O)CC2)c(C(F)(F)F)n1. The molecule has 0 bridgehead atoms. The minimum Gasteiger partial charge on any atom is -0.389 e. The Kier molecular flexibility index (Phi) is 4.72. The predicted octanol–water partition coefficient (Wildman–Crippen LogP) is 0.968. The Labute approximate surface area is 132 Å². The van der Waals surface area contributed by atoms with E-state index in [2.05, 4.69) is 5.10 Å². The van der Waals surface area contributed by atoms with Crippen molar-refractivity contribution in [3.05, 3.63) is 17.5 Å². The van der Waals surface area contributed by atoms with Crippen LogP contribution in [0.3, 0.4) is 0 Å². The molecule has 1 N–H and O–H groups in total. The molecule has 6 nitrogen and oxygen atoms in total. The monoisotopic (exact) mass is 334 g/mol. The van der Waals surface area contributed by atoms with E-state index in [0.29, 0.717) is 32.7 Å².